The normalized spacial score (nSPS) is 46.3. The number of carboxylic acids is 1. The molecule has 2 N–H and O–H groups in total. The maximum Gasteiger partial charge on any atom is 0.330 e. The van der Waals surface area contributed by atoms with Gasteiger partial charge in [-0.05, 0) is 104 Å². The summed E-state index contributed by atoms with van der Waals surface area (Å²) in [4.78, 5) is 22.8. The average molecular weight is 447 g/mol. The van der Waals surface area contributed by atoms with E-state index in [9.17, 15) is 14.7 Å². The van der Waals surface area contributed by atoms with E-state index in [1.807, 2.05) is 0 Å². The maximum absolute atomic E-state index is 11.7. The van der Waals surface area contributed by atoms with Crippen LogP contribution in [0.3, 0.4) is 0 Å². The molecular formula is C27H42O5. The van der Waals surface area contributed by atoms with Crippen molar-refractivity contribution in [3.05, 3.63) is 12.7 Å². The average Bonchev–Trinajstić information content (AvgIpc) is 3.11. The van der Waals surface area contributed by atoms with Crippen LogP contribution in [-0.4, -0.2) is 34.4 Å². The van der Waals surface area contributed by atoms with E-state index in [-0.39, 0.29) is 35.4 Å². The first-order valence-corrected chi connectivity index (χ1v) is 12.8. The van der Waals surface area contributed by atoms with Gasteiger partial charge >= 0.3 is 11.9 Å². The Labute approximate surface area is 193 Å². The van der Waals surface area contributed by atoms with E-state index in [1.54, 1.807) is 0 Å². The fourth-order valence-corrected chi connectivity index (χ4v) is 9.02. The molecule has 0 aromatic rings. The van der Waals surface area contributed by atoms with E-state index in [4.69, 9.17) is 9.84 Å². The lowest BCUT2D eigenvalue weighted by Crippen LogP contribution is -2.59. The van der Waals surface area contributed by atoms with Crippen molar-refractivity contribution in [2.75, 3.05) is 0 Å². The van der Waals surface area contributed by atoms with Gasteiger partial charge in [-0.25, -0.2) is 4.79 Å². The molecule has 4 aliphatic rings. The lowest BCUT2D eigenvalue weighted by Gasteiger charge is -2.62. The second-order valence-electron chi connectivity index (χ2n) is 11.9. The first-order chi connectivity index (χ1) is 15.1. The van der Waals surface area contributed by atoms with Crippen LogP contribution >= 0.6 is 0 Å². The van der Waals surface area contributed by atoms with Gasteiger partial charge in [0.2, 0.25) is 0 Å². The highest BCUT2D eigenvalue weighted by molar-refractivity contribution is 5.81. The highest BCUT2D eigenvalue weighted by atomic mass is 16.5. The molecule has 0 radical (unpaired) electrons. The fourth-order valence-electron chi connectivity index (χ4n) is 9.02. The van der Waals surface area contributed by atoms with Crippen molar-refractivity contribution in [1.29, 1.82) is 0 Å². The molecule has 0 heterocycles. The van der Waals surface area contributed by atoms with Crippen molar-refractivity contribution in [2.24, 2.45) is 46.3 Å². The molecule has 32 heavy (non-hydrogen) atoms. The van der Waals surface area contributed by atoms with Crippen LogP contribution in [0.15, 0.2) is 12.7 Å². The third-order valence-corrected chi connectivity index (χ3v) is 10.7. The second-order valence-corrected chi connectivity index (χ2v) is 11.9. The summed E-state index contributed by atoms with van der Waals surface area (Å²) in [5.41, 5.74) is 0.105. The molecule has 0 amide bonds. The number of aliphatic hydroxyl groups is 1. The minimum atomic E-state index is -0.721. The number of hydrogen-bond acceptors (Lipinski definition) is 4. The Morgan fingerprint density at radius 2 is 1.88 bits per heavy atom. The number of carbonyl (C=O) groups excluding carboxylic acids is 1. The van der Waals surface area contributed by atoms with Crippen LogP contribution < -0.4 is 0 Å². The molecule has 4 rings (SSSR count). The third kappa shape index (κ3) is 3.82. The van der Waals surface area contributed by atoms with Gasteiger partial charge < -0.3 is 14.9 Å². The summed E-state index contributed by atoms with van der Waals surface area (Å²) in [5, 5.41) is 20.7. The second kappa shape index (κ2) is 8.77. The maximum atomic E-state index is 11.7. The zero-order valence-corrected chi connectivity index (χ0v) is 20.1. The molecule has 0 bridgehead atoms. The first kappa shape index (κ1) is 23.8. The summed E-state index contributed by atoms with van der Waals surface area (Å²) in [6.07, 6.45) is 10.3. The Balaban J connectivity index is 1.50. The van der Waals surface area contributed by atoms with Gasteiger partial charge in [0, 0.05) is 12.5 Å². The van der Waals surface area contributed by atoms with E-state index in [0.29, 0.717) is 41.9 Å². The number of aliphatic carboxylic acids is 1. The van der Waals surface area contributed by atoms with Crippen LogP contribution in [-0.2, 0) is 14.3 Å². The van der Waals surface area contributed by atoms with E-state index >= 15 is 0 Å². The molecule has 0 spiro atoms. The lowest BCUT2D eigenvalue weighted by molar-refractivity contribution is -0.180. The van der Waals surface area contributed by atoms with Crippen molar-refractivity contribution >= 4 is 11.9 Å². The van der Waals surface area contributed by atoms with Crippen LogP contribution in [0.1, 0.15) is 85.0 Å². The van der Waals surface area contributed by atoms with Crippen LogP contribution in [0.25, 0.3) is 0 Å². The first-order valence-electron chi connectivity index (χ1n) is 12.8. The molecule has 5 heteroatoms. The van der Waals surface area contributed by atoms with Crippen LogP contribution in [0.5, 0.6) is 0 Å². The molecule has 0 aliphatic heterocycles. The zero-order chi connectivity index (χ0) is 23.3. The van der Waals surface area contributed by atoms with Gasteiger partial charge in [-0.3, -0.25) is 4.79 Å². The standard InChI is InChI=1S/C27H42O5/c1-5-25(31)32-18-12-13-26(3)17(14-18)7-8-19-21-10-9-20(16(2)6-11-24(29)30)27(21,4)23(28)15-22(19)26/h5,16-23,28H,1,6-15H2,2-4H3,(H,29,30). The zero-order valence-electron chi connectivity index (χ0n) is 20.1. The van der Waals surface area contributed by atoms with Crippen molar-refractivity contribution in [3.63, 3.8) is 0 Å². The Bertz CT molecular complexity index is 748. The number of carboxylic acid groups (broad SMARTS) is 1. The summed E-state index contributed by atoms with van der Waals surface area (Å²) < 4.78 is 5.61. The minimum absolute atomic E-state index is 0.000138. The van der Waals surface area contributed by atoms with Gasteiger partial charge in [-0.2, -0.15) is 0 Å². The smallest absolute Gasteiger partial charge is 0.330 e. The number of ether oxygens (including phenoxy) is 1. The Morgan fingerprint density at radius 3 is 2.56 bits per heavy atom. The summed E-state index contributed by atoms with van der Waals surface area (Å²) in [6, 6.07) is 0. The van der Waals surface area contributed by atoms with Gasteiger partial charge in [-0.1, -0.05) is 27.4 Å². The highest BCUT2D eigenvalue weighted by Crippen LogP contribution is 2.68. The number of hydrogen-bond donors (Lipinski definition) is 2. The van der Waals surface area contributed by atoms with E-state index in [2.05, 4.69) is 27.4 Å². The summed E-state index contributed by atoms with van der Waals surface area (Å²) in [7, 11) is 0. The Morgan fingerprint density at radius 1 is 1.12 bits per heavy atom. The number of rotatable bonds is 6. The number of esters is 1. The SMILES string of the molecule is C=CC(=O)OC1CCC2(C)C(CCC3C2CC(O)C2(C)C(C(C)CCC(=O)O)CCC32)C1. The largest absolute Gasteiger partial charge is 0.481 e. The molecule has 180 valence electrons. The topological polar surface area (TPSA) is 83.8 Å². The number of aliphatic hydroxyl groups excluding tert-OH is 1. The Hall–Kier alpha value is -1.36. The van der Waals surface area contributed by atoms with Crippen LogP contribution in [0.4, 0.5) is 0 Å². The molecule has 5 nitrogen and oxygen atoms in total. The molecule has 10 atom stereocenters. The van der Waals surface area contributed by atoms with Crippen LogP contribution in [0.2, 0.25) is 0 Å². The van der Waals surface area contributed by atoms with Crippen molar-refractivity contribution in [1.82, 2.24) is 0 Å². The summed E-state index contributed by atoms with van der Waals surface area (Å²) in [6.45, 7) is 10.5. The van der Waals surface area contributed by atoms with Gasteiger partial charge in [0.05, 0.1) is 6.10 Å². The van der Waals surface area contributed by atoms with E-state index in [0.717, 1.165) is 38.5 Å². The predicted octanol–water partition coefficient (Wildman–Crippen LogP) is 5.21. The van der Waals surface area contributed by atoms with Gasteiger partial charge in [0.25, 0.3) is 0 Å². The molecule has 4 fully saturated rings. The summed E-state index contributed by atoms with van der Waals surface area (Å²) in [5.74, 6) is 1.95. The molecular weight excluding hydrogens is 404 g/mol. The van der Waals surface area contributed by atoms with Gasteiger partial charge in [0.1, 0.15) is 6.10 Å². The predicted molar refractivity (Wildman–Crippen MR) is 123 cm³/mol. The third-order valence-electron chi connectivity index (χ3n) is 10.7. The summed E-state index contributed by atoms with van der Waals surface area (Å²) >= 11 is 0. The van der Waals surface area contributed by atoms with Crippen molar-refractivity contribution in [2.45, 2.75) is 97.2 Å². The number of carbonyl (C=O) groups is 2. The van der Waals surface area contributed by atoms with Crippen LogP contribution in [0, 0.1) is 46.3 Å². The molecule has 4 saturated carbocycles. The van der Waals surface area contributed by atoms with Gasteiger partial charge in [-0.15, -0.1) is 0 Å². The Kier molecular flexibility index (Phi) is 6.52. The van der Waals surface area contributed by atoms with Crippen molar-refractivity contribution in [3.8, 4) is 0 Å². The molecule has 0 saturated heterocycles. The number of fused-ring (bicyclic) bond motifs is 5. The van der Waals surface area contributed by atoms with E-state index < -0.39 is 5.97 Å². The quantitative estimate of drug-likeness (QED) is 0.432. The highest BCUT2D eigenvalue weighted by Gasteiger charge is 2.63. The monoisotopic (exact) mass is 446 g/mol. The van der Waals surface area contributed by atoms with Gasteiger partial charge in [0.15, 0.2) is 0 Å². The fraction of sp³-hybridized carbons (Fsp3) is 0.852. The molecule has 0 aromatic carbocycles. The van der Waals surface area contributed by atoms with Crippen molar-refractivity contribution < 1.29 is 24.5 Å². The molecule has 10 unspecified atom stereocenters. The lowest BCUT2D eigenvalue weighted by atomic mass is 9.43. The molecule has 4 aliphatic carbocycles. The molecule has 0 aromatic heterocycles. The minimum Gasteiger partial charge on any atom is -0.481 e. The van der Waals surface area contributed by atoms with E-state index in [1.165, 1.54) is 18.9 Å².